The number of rotatable bonds is 5. The lowest BCUT2D eigenvalue weighted by Crippen LogP contribution is -2.09. The van der Waals surface area contributed by atoms with Crippen molar-refractivity contribution in [2.45, 2.75) is 20.8 Å². The lowest BCUT2D eigenvalue weighted by atomic mass is 10.0. The highest BCUT2D eigenvalue weighted by molar-refractivity contribution is 7.92. The molecular formula is C23H22N4O4S. The van der Waals surface area contributed by atoms with E-state index in [-0.39, 0.29) is 5.69 Å². The molecule has 1 heterocycles. The number of benzene rings is 3. The molecule has 32 heavy (non-hydrogen) atoms. The largest absolute Gasteiger partial charge is 0.354 e. The zero-order chi connectivity index (χ0) is 23.2. The van der Waals surface area contributed by atoms with E-state index in [9.17, 15) is 18.5 Å². The van der Waals surface area contributed by atoms with Gasteiger partial charge in [0.1, 0.15) is 0 Å². The summed E-state index contributed by atoms with van der Waals surface area (Å²) in [5, 5.41) is 16.4. The predicted octanol–water partition coefficient (Wildman–Crippen LogP) is 5.34. The lowest BCUT2D eigenvalue weighted by Gasteiger charge is -2.17. The molecular weight excluding hydrogens is 428 g/mol. The standard InChI is InChI=1S/C23H22N4O4S/c1-13-5-8-19-22(15(13)3)25-21-12-17(27(28)29)7-9-18(21)23(19)24-20-10-6-16(11-14(20)2)26-32(4,30)31/h5-12,26H,1-4H3,(H,24,25). The number of non-ortho nitro benzene ring substituents is 1. The summed E-state index contributed by atoms with van der Waals surface area (Å²) in [5.74, 6) is 0. The van der Waals surface area contributed by atoms with E-state index in [0.717, 1.165) is 50.6 Å². The average Bonchev–Trinajstić information content (AvgIpc) is 2.71. The molecule has 0 aliphatic carbocycles. The summed E-state index contributed by atoms with van der Waals surface area (Å²) in [6, 6.07) is 13.9. The van der Waals surface area contributed by atoms with Crippen molar-refractivity contribution in [3.63, 3.8) is 0 Å². The van der Waals surface area contributed by atoms with Gasteiger partial charge >= 0.3 is 0 Å². The van der Waals surface area contributed by atoms with Crippen LogP contribution < -0.4 is 10.0 Å². The quantitative estimate of drug-likeness (QED) is 0.241. The number of fused-ring (bicyclic) bond motifs is 2. The van der Waals surface area contributed by atoms with Gasteiger partial charge in [-0.2, -0.15) is 0 Å². The lowest BCUT2D eigenvalue weighted by molar-refractivity contribution is -0.384. The number of aryl methyl sites for hydroxylation is 3. The number of aromatic nitrogens is 1. The van der Waals surface area contributed by atoms with E-state index >= 15 is 0 Å². The molecule has 0 spiro atoms. The maximum atomic E-state index is 11.5. The van der Waals surface area contributed by atoms with Gasteiger partial charge in [-0.25, -0.2) is 13.4 Å². The summed E-state index contributed by atoms with van der Waals surface area (Å²) in [4.78, 5) is 15.6. The van der Waals surface area contributed by atoms with E-state index in [2.05, 4.69) is 10.0 Å². The fourth-order valence-corrected chi connectivity index (χ4v) is 4.26. The maximum Gasteiger partial charge on any atom is 0.271 e. The molecule has 9 heteroatoms. The highest BCUT2D eigenvalue weighted by Gasteiger charge is 2.16. The van der Waals surface area contributed by atoms with Crippen molar-refractivity contribution in [3.05, 3.63) is 75.3 Å². The van der Waals surface area contributed by atoms with E-state index in [0.29, 0.717) is 11.2 Å². The van der Waals surface area contributed by atoms with E-state index in [1.165, 1.54) is 12.1 Å². The minimum absolute atomic E-state index is 0.0204. The normalized spacial score (nSPS) is 11.6. The molecule has 0 aliphatic heterocycles. The summed E-state index contributed by atoms with van der Waals surface area (Å²) in [7, 11) is -3.38. The van der Waals surface area contributed by atoms with Crippen molar-refractivity contribution in [3.8, 4) is 0 Å². The zero-order valence-corrected chi connectivity index (χ0v) is 18.9. The number of hydrogen-bond donors (Lipinski definition) is 2. The van der Waals surface area contributed by atoms with Gasteiger partial charge in [0.15, 0.2) is 0 Å². The van der Waals surface area contributed by atoms with E-state index < -0.39 is 14.9 Å². The predicted molar refractivity (Wildman–Crippen MR) is 128 cm³/mol. The van der Waals surface area contributed by atoms with Crippen LogP contribution in [0.1, 0.15) is 16.7 Å². The van der Waals surface area contributed by atoms with Gasteiger partial charge in [0.2, 0.25) is 10.0 Å². The first-order valence-electron chi connectivity index (χ1n) is 9.87. The van der Waals surface area contributed by atoms with Crippen molar-refractivity contribution in [1.29, 1.82) is 0 Å². The molecule has 0 saturated carbocycles. The summed E-state index contributed by atoms with van der Waals surface area (Å²) < 4.78 is 25.5. The van der Waals surface area contributed by atoms with Crippen molar-refractivity contribution in [1.82, 2.24) is 4.98 Å². The van der Waals surface area contributed by atoms with Crippen LogP contribution in [0, 0.1) is 30.9 Å². The Morgan fingerprint density at radius 2 is 1.66 bits per heavy atom. The molecule has 0 atom stereocenters. The first-order chi connectivity index (χ1) is 15.0. The van der Waals surface area contributed by atoms with E-state index in [1.807, 2.05) is 32.9 Å². The summed E-state index contributed by atoms with van der Waals surface area (Å²) >= 11 is 0. The SMILES string of the molecule is Cc1cc(NS(C)(=O)=O)ccc1Nc1c2ccc([N+](=O)[O-])cc2nc2c(C)c(C)ccc12. The number of pyridine rings is 1. The molecule has 0 saturated heterocycles. The number of anilines is 3. The van der Waals surface area contributed by atoms with Crippen LogP contribution in [0.15, 0.2) is 48.5 Å². The van der Waals surface area contributed by atoms with Crippen LogP contribution >= 0.6 is 0 Å². The molecule has 0 aliphatic rings. The maximum absolute atomic E-state index is 11.5. The van der Waals surface area contributed by atoms with Crippen LogP contribution in [0.25, 0.3) is 21.8 Å². The Morgan fingerprint density at radius 1 is 0.938 bits per heavy atom. The van der Waals surface area contributed by atoms with Crippen LogP contribution in [-0.4, -0.2) is 24.6 Å². The Hall–Kier alpha value is -3.72. The van der Waals surface area contributed by atoms with Crippen molar-refractivity contribution in [2.24, 2.45) is 0 Å². The number of nitro groups is 1. The van der Waals surface area contributed by atoms with Crippen molar-refractivity contribution < 1.29 is 13.3 Å². The topological polar surface area (TPSA) is 114 Å². The molecule has 4 rings (SSSR count). The number of nitrogens with zero attached hydrogens (tertiary/aromatic N) is 2. The Balaban J connectivity index is 1.92. The smallest absolute Gasteiger partial charge is 0.271 e. The Kier molecular flexibility index (Phi) is 5.21. The molecule has 1 aromatic heterocycles. The number of nitro benzene ring substituents is 1. The minimum atomic E-state index is -3.38. The second-order valence-electron chi connectivity index (χ2n) is 7.88. The van der Waals surface area contributed by atoms with Gasteiger partial charge in [0.05, 0.1) is 27.9 Å². The fourth-order valence-electron chi connectivity index (χ4n) is 3.70. The van der Waals surface area contributed by atoms with Gasteiger partial charge in [-0.1, -0.05) is 12.1 Å². The number of nitrogens with one attached hydrogen (secondary N) is 2. The fraction of sp³-hybridized carbons (Fsp3) is 0.174. The van der Waals surface area contributed by atoms with Gasteiger partial charge in [0.25, 0.3) is 5.69 Å². The van der Waals surface area contributed by atoms with Gasteiger partial charge in [-0.3, -0.25) is 14.8 Å². The average molecular weight is 451 g/mol. The Morgan fingerprint density at radius 3 is 2.31 bits per heavy atom. The Labute approximate surface area is 185 Å². The molecule has 2 N–H and O–H groups in total. The highest BCUT2D eigenvalue weighted by Crippen LogP contribution is 2.37. The number of sulfonamides is 1. The highest BCUT2D eigenvalue weighted by atomic mass is 32.2. The second kappa shape index (κ2) is 7.76. The van der Waals surface area contributed by atoms with Gasteiger partial charge in [-0.05, 0) is 61.7 Å². The number of hydrogen-bond acceptors (Lipinski definition) is 6. The molecule has 4 aromatic rings. The molecule has 3 aromatic carbocycles. The van der Waals surface area contributed by atoms with Crippen molar-refractivity contribution in [2.75, 3.05) is 16.3 Å². The third kappa shape index (κ3) is 4.06. The van der Waals surface area contributed by atoms with Gasteiger partial charge < -0.3 is 5.32 Å². The van der Waals surface area contributed by atoms with E-state index in [4.69, 9.17) is 4.98 Å². The molecule has 0 bridgehead atoms. The van der Waals surface area contributed by atoms with Crippen LogP contribution in [0.4, 0.5) is 22.7 Å². The molecule has 0 fully saturated rings. The third-order valence-electron chi connectivity index (χ3n) is 5.45. The third-order valence-corrected chi connectivity index (χ3v) is 6.06. The van der Waals surface area contributed by atoms with Crippen LogP contribution in [-0.2, 0) is 10.0 Å². The van der Waals surface area contributed by atoms with Crippen LogP contribution in [0.5, 0.6) is 0 Å². The zero-order valence-electron chi connectivity index (χ0n) is 18.1. The molecule has 0 radical (unpaired) electrons. The van der Waals surface area contributed by atoms with Crippen LogP contribution in [0.3, 0.4) is 0 Å². The summed E-state index contributed by atoms with van der Waals surface area (Å²) in [6.07, 6.45) is 1.10. The van der Waals surface area contributed by atoms with E-state index in [1.54, 1.807) is 24.3 Å². The molecule has 164 valence electrons. The molecule has 0 amide bonds. The second-order valence-corrected chi connectivity index (χ2v) is 9.63. The monoisotopic (exact) mass is 450 g/mol. The first-order valence-corrected chi connectivity index (χ1v) is 11.8. The molecule has 8 nitrogen and oxygen atoms in total. The molecule has 0 unspecified atom stereocenters. The van der Waals surface area contributed by atoms with Crippen LogP contribution in [0.2, 0.25) is 0 Å². The summed E-state index contributed by atoms with van der Waals surface area (Å²) in [5.41, 5.74) is 6.24. The van der Waals surface area contributed by atoms with Gasteiger partial charge in [-0.15, -0.1) is 0 Å². The minimum Gasteiger partial charge on any atom is -0.354 e. The first kappa shape index (κ1) is 21.5. The summed E-state index contributed by atoms with van der Waals surface area (Å²) in [6.45, 7) is 5.86. The van der Waals surface area contributed by atoms with Gasteiger partial charge in [0, 0.05) is 34.3 Å². The van der Waals surface area contributed by atoms with Crippen molar-refractivity contribution >= 4 is 54.6 Å². The Bertz CT molecular complexity index is 1510.